The average Bonchev–Trinajstić information content (AvgIpc) is 2.52. The van der Waals surface area contributed by atoms with E-state index in [-0.39, 0.29) is 5.91 Å². The fraction of sp³-hybridized carbons (Fsp3) is 0.412. The Morgan fingerprint density at radius 1 is 1.29 bits per heavy atom. The summed E-state index contributed by atoms with van der Waals surface area (Å²) in [6.45, 7) is 0.711. The maximum Gasteiger partial charge on any atom is 0.251 e. The summed E-state index contributed by atoms with van der Waals surface area (Å²) in [5.74, 6) is 0.485. The van der Waals surface area contributed by atoms with Gasteiger partial charge in [-0.05, 0) is 43.4 Å². The molecule has 21 heavy (non-hydrogen) atoms. The predicted octanol–water partition coefficient (Wildman–Crippen LogP) is 2.48. The highest BCUT2D eigenvalue weighted by molar-refractivity contribution is 6.06. The summed E-state index contributed by atoms with van der Waals surface area (Å²) in [6.07, 6.45) is 6.19. The van der Waals surface area contributed by atoms with Gasteiger partial charge in [-0.15, -0.1) is 0 Å². The summed E-state index contributed by atoms with van der Waals surface area (Å²) in [4.78, 5) is 16.7. The van der Waals surface area contributed by atoms with E-state index in [9.17, 15) is 4.79 Å². The Morgan fingerprint density at radius 2 is 2.19 bits per heavy atom. The van der Waals surface area contributed by atoms with Gasteiger partial charge in [0.2, 0.25) is 0 Å². The number of carbonyl (C=O) groups excluding carboxylic acids is 1. The number of aromatic nitrogens is 1. The molecule has 4 heteroatoms. The Hall–Kier alpha value is -1.94. The first-order valence-electron chi connectivity index (χ1n) is 7.61. The van der Waals surface area contributed by atoms with Crippen LogP contribution in [0.1, 0.15) is 36.0 Å². The smallest absolute Gasteiger partial charge is 0.251 e. The van der Waals surface area contributed by atoms with Crippen LogP contribution in [0.2, 0.25) is 0 Å². The highest BCUT2D eigenvalue weighted by Crippen LogP contribution is 2.22. The highest BCUT2D eigenvalue weighted by atomic mass is 16.1. The number of rotatable bonds is 3. The van der Waals surface area contributed by atoms with Crippen molar-refractivity contribution in [3.8, 4) is 0 Å². The van der Waals surface area contributed by atoms with Crippen LogP contribution in [-0.2, 0) is 0 Å². The topological polar surface area (TPSA) is 68.0 Å². The monoisotopic (exact) mass is 283 g/mol. The van der Waals surface area contributed by atoms with Crippen molar-refractivity contribution >= 4 is 16.8 Å². The summed E-state index contributed by atoms with van der Waals surface area (Å²) in [7, 11) is 0. The third kappa shape index (κ3) is 3.22. The summed E-state index contributed by atoms with van der Waals surface area (Å²) in [5, 5.41) is 3.96. The minimum Gasteiger partial charge on any atom is -0.352 e. The van der Waals surface area contributed by atoms with Crippen molar-refractivity contribution in [2.24, 2.45) is 11.7 Å². The second-order valence-electron chi connectivity index (χ2n) is 5.88. The largest absolute Gasteiger partial charge is 0.352 e. The molecule has 1 aliphatic carbocycles. The van der Waals surface area contributed by atoms with Gasteiger partial charge in [0, 0.05) is 29.7 Å². The Morgan fingerprint density at radius 3 is 3.05 bits per heavy atom. The second kappa shape index (κ2) is 6.22. The van der Waals surface area contributed by atoms with Crippen molar-refractivity contribution in [3.63, 3.8) is 0 Å². The molecule has 0 aliphatic heterocycles. The number of fused-ring (bicyclic) bond motifs is 1. The highest BCUT2D eigenvalue weighted by Gasteiger charge is 2.20. The van der Waals surface area contributed by atoms with E-state index in [0.717, 1.165) is 30.2 Å². The van der Waals surface area contributed by atoms with E-state index < -0.39 is 0 Å². The van der Waals surface area contributed by atoms with Crippen LogP contribution in [0.5, 0.6) is 0 Å². The fourth-order valence-corrected chi connectivity index (χ4v) is 3.15. The van der Waals surface area contributed by atoms with Gasteiger partial charge >= 0.3 is 0 Å². The van der Waals surface area contributed by atoms with Gasteiger partial charge in [-0.1, -0.05) is 18.6 Å². The van der Waals surface area contributed by atoms with Gasteiger partial charge in [0.25, 0.3) is 5.91 Å². The van der Waals surface area contributed by atoms with Crippen LogP contribution >= 0.6 is 0 Å². The molecule has 0 spiro atoms. The zero-order chi connectivity index (χ0) is 14.7. The van der Waals surface area contributed by atoms with E-state index in [1.54, 1.807) is 6.20 Å². The SMILES string of the molecule is NC1CCCC(CNC(=O)c2cccc3ncccc23)C1. The molecule has 1 amide bonds. The minimum atomic E-state index is -0.0206. The number of hydrogen-bond donors (Lipinski definition) is 2. The molecule has 2 unspecified atom stereocenters. The molecule has 2 atom stereocenters. The van der Waals surface area contributed by atoms with Gasteiger partial charge in [0.05, 0.1) is 5.52 Å². The summed E-state index contributed by atoms with van der Waals surface area (Å²) >= 11 is 0. The molecule has 1 fully saturated rings. The van der Waals surface area contributed by atoms with Gasteiger partial charge in [0.1, 0.15) is 0 Å². The summed E-state index contributed by atoms with van der Waals surface area (Å²) < 4.78 is 0. The molecule has 0 bridgehead atoms. The molecular formula is C17H21N3O. The molecule has 2 aromatic rings. The fourth-order valence-electron chi connectivity index (χ4n) is 3.15. The Kier molecular flexibility index (Phi) is 4.15. The molecule has 0 saturated heterocycles. The molecule has 0 radical (unpaired) electrons. The number of nitrogens with two attached hydrogens (primary N) is 1. The number of nitrogens with one attached hydrogen (secondary N) is 1. The van der Waals surface area contributed by atoms with Gasteiger partial charge in [-0.2, -0.15) is 0 Å². The van der Waals surface area contributed by atoms with Gasteiger partial charge < -0.3 is 11.1 Å². The van der Waals surface area contributed by atoms with E-state index in [4.69, 9.17) is 5.73 Å². The maximum absolute atomic E-state index is 12.4. The first-order chi connectivity index (χ1) is 10.2. The van der Waals surface area contributed by atoms with E-state index in [1.807, 2.05) is 30.3 Å². The third-order valence-corrected chi connectivity index (χ3v) is 4.26. The molecule has 3 N–H and O–H groups in total. The van der Waals surface area contributed by atoms with Crippen molar-refractivity contribution in [3.05, 3.63) is 42.1 Å². The lowest BCUT2D eigenvalue weighted by atomic mass is 9.86. The van der Waals surface area contributed by atoms with Crippen LogP contribution in [0.15, 0.2) is 36.5 Å². The van der Waals surface area contributed by atoms with E-state index in [1.165, 1.54) is 6.42 Å². The lowest BCUT2D eigenvalue weighted by Crippen LogP contribution is -2.35. The van der Waals surface area contributed by atoms with Crippen LogP contribution in [0, 0.1) is 5.92 Å². The average molecular weight is 283 g/mol. The first kappa shape index (κ1) is 14.0. The van der Waals surface area contributed by atoms with E-state index in [2.05, 4.69) is 10.3 Å². The maximum atomic E-state index is 12.4. The van der Waals surface area contributed by atoms with E-state index >= 15 is 0 Å². The van der Waals surface area contributed by atoms with Gasteiger partial charge in [-0.3, -0.25) is 9.78 Å². The van der Waals surface area contributed by atoms with Crippen molar-refractivity contribution in [2.75, 3.05) is 6.54 Å². The number of nitrogens with zero attached hydrogens (tertiary/aromatic N) is 1. The molecule has 1 aliphatic rings. The van der Waals surface area contributed by atoms with Crippen LogP contribution in [0.25, 0.3) is 10.9 Å². The van der Waals surface area contributed by atoms with Crippen LogP contribution in [0.3, 0.4) is 0 Å². The van der Waals surface area contributed by atoms with E-state index in [0.29, 0.717) is 24.1 Å². The number of amides is 1. The zero-order valence-corrected chi connectivity index (χ0v) is 12.1. The van der Waals surface area contributed by atoms with Crippen LogP contribution in [0.4, 0.5) is 0 Å². The van der Waals surface area contributed by atoms with Crippen molar-refractivity contribution in [1.29, 1.82) is 0 Å². The van der Waals surface area contributed by atoms with Gasteiger partial charge in [-0.25, -0.2) is 0 Å². The number of benzene rings is 1. The normalized spacial score (nSPS) is 22.1. The standard InChI is InChI=1S/C17H21N3O/c18-13-5-1-4-12(10-13)11-20-17(21)15-6-2-8-16-14(15)7-3-9-19-16/h2-3,6-9,12-13H,1,4-5,10-11,18H2,(H,20,21). The van der Waals surface area contributed by atoms with Gasteiger partial charge in [0.15, 0.2) is 0 Å². The molecule has 1 saturated carbocycles. The third-order valence-electron chi connectivity index (χ3n) is 4.26. The Bertz CT molecular complexity index is 635. The Labute approximate surface area is 124 Å². The summed E-state index contributed by atoms with van der Waals surface area (Å²) in [5.41, 5.74) is 7.54. The van der Waals surface area contributed by atoms with Crippen molar-refractivity contribution in [2.45, 2.75) is 31.7 Å². The summed E-state index contributed by atoms with van der Waals surface area (Å²) in [6, 6.07) is 9.74. The molecule has 1 aromatic carbocycles. The molecule has 1 heterocycles. The van der Waals surface area contributed by atoms with Crippen LogP contribution < -0.4 is 11.1 Å². The molecular weight excluding hydrogens is 262 g/mol. The number of hydrogen-bond acceptors (Lipinski definition) is 3. The first-order valence-corrected chi connectivity index (χ1v) is 7.61. The molecule has 110 valence electrons. The second-order valence-corrected chi connectivity index (χ2v) is 5.88. The lowest BCUT2D eigenvalue weighted by Gasteiger charge is -2.26. The van der Waals surface area contributed by atoms with Crippen molar-refractivity contribution in [1.82, 2.24) is 10.3 Å². The quantitative estimate of drug-likeness (QED) is 0.909. The van der Waals surface area contributed by atoms with Crippen LogP contribution in [-0.4, -0.2) is 23.5 Å². The molecule has 1 aromatic heterocycles. The minimum absolute atomic E-state index is 0.0206. The number of pyridine rings is 1. The predicted molar refractivity (Wildman–Crippen MR) is 84.0 cm³/mol. The Balaban J connectivity index is 1.69. The number of carbonyl (C=O) groups is 1. The molecule has 4 nitrogen and oxygen atoms in total. The zero-order valence-electron chi connectivity index (χ0n) is 12.1. The lowest BCUT2D eigenvalue weighted by molar-refractivity contribution is 0.0944. The molecule has 3 rings (SSSR count). The van der Waals surface area contributed by atoms with Crippen molar-refractivity contribution < 1.29 is 4.79 Å².